The van der Waals surface area contributed by atoms with E-state index in [1.807, 2.05) is 0 Å². The van der Waals surface area contributed by atoms with Gasteiger partial charge in [-0.15, -0.1) is 0 Å². The van der Waals surface area contributed by atoms with Crippen molar-refractivity contribution >= 4 is 29.2 Å². The van der Waals surface area contributed by atoms with Gasteiger partial charge in [-0.3, -0.25) is 0 Å². The molecule has 0 aromatic heterocycles. The van der Waals surface area contributed by atoms with Gasteiger partial charge in [-0.25, -0.2) is 4.79 Å². The van der Waals surface area contributed by atoms with E-state index in [4.69, 9.17) is 33.7 Å². The number of nitrogens with two attached hydrogens (primary N) is 1. The van der Waals surface area contributed by atoms with Crippen molar-refractivity contribution in [3.63, 3.8) is 0 Å². The van der Waals surface area contributed by atoms with Crippen molar-refractivity contribution in [2.45, 2.75) is 25.3 Å². The lowest BCUT2D eigenvalue weighted by Gasteiger charge is -2.28. The number of ether oxygens (including phenoxy) is 1. The van der Waals surface area contributed by atoms with Gasteiger partial charge in [0.2, 0.25) is 0 Å². The molecule has 0 saturated heterocycles. The molecule has 0 heterocycles. The van der Waals surface area contributed by atoms with Crippen molar-refractivity contribution < 1.29 is 9.53 Å². The minimum atomic E-state index is -1.16. The normalized spacial score (nSPS) is 18.2. The Bertz CT molecular complexity index is 474. The second-order valence-corrected chi connectivity index (χ2v) is 5.33. The maximum absolute atomic E-state index is 12.1. The molecule has 0 spiro atoms. The zero-order chi connectivity index (χ0) is 13.3. The zero-order valence-electron chi connectivity index (χ0n) is 10.1. The van der Waals surface area contributed by atoms with Crippen LogP contribution in [0.15, 0.2) is 18.2 Å². The van der Waals surface area contributed by atoms with E-state index in [1.165, 1.54) is 0 Å². The van der Waals surface area contributed by atoms with E-state index in [0.717, 1.165) is 12.8 Å². The third-order valence-electron chi connectivity index (χ3n) is 3.21. The summed E-state index contributed by atoms with van der Waals surface area (Å²) in [6.45, 7) is 2.06. The Morgan fingerprint density at radius 3 is 2.67 bits per heavy atom. The van der Waals surface area contributed by atoms with Crippen LogP contribution in [-0.2, 0) is 15.1 Å². The molecule has 1 aliphatic rings. The average Bonchev–Trinajstić information content (AvgIpc) is 3.12. The largest absolute Gasteiger partial charge is 0.464 e. The number of benzene rings is 1. The van der Waals surface area contributed by atoms with Gasteiger partial charge < -0.3 is 10.5 Å². The monoisotopic (exact) mass is 287 g/mol. The van der Waals surface area contributed by atoms with Gasteiger partial charge in [-0.1, -0.05) is 29.3 Å². The average molecular weight is 288 g/mol. The third-order valence-corrected chi connectivity index (χ3v) is 3.76. The van der Waals surface area contributed by atoms with Crippen LogP contribution in [0.4, 0.5) is 0 Å². The minimum Gasteiger partial charge on any atom is -0.464 e. The van der Waals surface area contributed by atoms with Crippen molar-refractivity contribution in [1.29, 1.82) is 0 Å². The molecule has 1 saturated carbocycles. The molecule has 1 aromatic rings. The molecule has 0 amide bonds. The summed E-state index contributed by atoms with van der Waals surface area (Å²) in [5.41, 5.74) is 5.74. The first-order valence-electron chi connectivity index (χ1n) is 5.91. The van der Waals surface area contributed by atoms with Crippen LogP contribution < -0.4 is 5.73 Å². The molecule has 2 rings (SSSR count). The summed E-state index contributed by atoms with van der Waals surface area (Å²) in [6, 6.07) is 4.99. The fourth-order valence-corrected chi connectivity index (χ4v) is 2.68. The van der Waals surface area contributed by atoms with E-state index in [0.29, 0.717) is 22.2 Å². The Kier molecular flexibility index (Phi) is 3.85. The van der Waals surface area contributed by atoms with E-state index in [1.54, 1.807) is 25.1 Å². The Labute approximate surface area is 116 Å². The van der Waals surface area contributed by atoms with E-state index in [-0.39, 0.29) is 5.92 Å². The smallest absolute Gasteiger partial charge is 0.331 e. The van der Waals surface area contributed by atoms with Crippen molar-refractivity contribution in [3.05, 3.63) is 33.8 Å². The third kappa shape index (κ3) is 2.35. The molecular weight excluding hydrogens is 273 g/mol. The van der Waals surface area contributed by atoms with Crippen molar-refractivity contribution in [2.24, 2.45) is 11.7 Å². The Balaban J connectivity index is 2.43. The number of hydrogen-bond acceptors (Lipinski definition) is 3. The Morgan fingerprint density at radius 1 is 1.50 bits per heavy atom. The van der Waals surface area contributed by atoms with Gasteiger partial charge in [-0.2, -0.15) is 0 Å². The Morgan fingerprint density at radius 2 is 2.17 bits per heavy atom. The van der Waals surface area contributed by atoms with Gasteiger partial charge in [-0.05, 0) is 37.8 Å². The number of esters is 1. The SMILES string of the molecule is CCOC(=O)C(N)(c1ccc(Cl)cc1Cl)C1CC1. The molecule has 3 nitrogen and oxygen atoms in total. The van der Waals surface area contributed by atoms with E-state index in [2.05, 4.69) is 0 Å². The summed E-state index contributed by atoms with van der Waals surface area (Å²) >= 11 is 12.0. The molecule has 1 aliphatic carbocycles. The summed E-state index contributed by atoms with van der Waals surface area (Å²) in [5.74, 6) is -0.327. The predicted octanol–water partition coefficient (Wildman–Crippen LogP) is 3.12. The van der Waals surface area contributed by atoms with E-state index >= 15 is 0 Å². The highest BCUT2D eigenvalue weighted by atomic mass is 35.5. The zero-order valence-corrected chi connectivity index (χ0v) is 11.6. The number of rotatable bonds is 4. The number of halogens is 2. The quantitative estimate of drug-likeness (QED) is 0.866. The molecule has 2 N–H and O–H groups in total. The molecule has 1 unspecified atom stereocenters. The van der Waals surface area contributed by atoms with Crippen LogP contribution in [0, 0.1) is 5.92 Å². The van der Waals surface area contributed by atoms with E-state index in [9.17, 15) is 4.79 Å². The van der Waals surface area contributed by atoms with Gasteiger partial charge >= 0.3 is 5.97 Å². The fraction of sp³-hybridized carbons (Fsp3) is 0.462. The van der Waals surface area contributed by atoms with Crippen LogP contribution in [-0.4, -0.2) is 12.6 Å². The van der Waals surface area contributed by atoms with Crippen molar-refractivity contribution in [1.82, 2.24) is 0 Å². The second-order valence-electron chi connectivity index (χ2n) is 4.49. The lowest BCUT2D eigenvalue weighted by molar-refractivity contribution is -0.151. The molecule has 1 aromatic carbocycles. The standard InChI is InChI=1S/C13H15Cl2NO2/c1-2-18-12(17)13(16,8-3-4-8)10-6-5-9(14)7-11(10)15/h5-8H,2-4,16H2,1H3. The summed E-state index contributed by atoms with van der Waals surface area (Å²) in [7, 11) is 0. The van der Waals surface area contributed by atoms with Crippen LogP contribution in [0.25, 0.3) is 0 Å². The summed E-state index contributed by atoms with van der Waals surface area (Å²) in [6.07, 6.45) is 1.82. The molecule has 1 atom stereocenters. The van der Waals surface area contributed by atoms with Crippen LogP contribution in [0.5, 0.6) is 0 Å². The molecule has 5 heteroatoms. The predicted molar refractivity (Wildman–Crippen MR) is 71.7 cm³/mol. The first-order chi connectivity index (χ1) is 8.50. The van der Waals surface area contributed by atoms with Gasteiger partial charge in [0.25, 0.3) is 0 Å². The van der Waals surface area contributed by atoms with Crippen LogP contribution in [0.2, 0.25) is 10.0 Å². The molecule has 1 fully saturated rings. The molecule has 0 radical (unpaired) electrons. The number of carbonyl (C=O) groups is 1. The van der Waals surface area contributed by atoms with Crippen LogP contribution >= 0.6 is 23.2 Å². The van der Waals surface area contributed by atoms with Crippen molar-refractivity contribution in [3.8, 4) is 0 Å². The second kappa shape index (κ2) is 5.08. The Hall–Kier alpha value is -0.770. The van der Waals surface area contributed by atoms with Gasteiger partial charge in [0.05, 0.1) is 6.61 Å². The lowest BCUT2D eigenvalue weighted by Crippen LogP contribution is -2.48. The highest BCUT2D eigenvalue weighted by Gasteiger charge is 2.51. The van der Waals surface area contributed by atoms with Crippen LogP contribution in [0.1, 0.15) is 25.3 Å². The highest BCUT2D eigenvalue weighted by molar-refractivity contribution is 6.35. The lowest BCUT2D eigenvalue weighted by atomic mass is 9.86. The maximum atomic E-state index is 12.1. The number of hydrogen-bond donors (Lipinski definition) is 1. The summed E-state index contributed by atoms with van der Waals surface area (Å²) in [4.78, 5) is 12.1. The van der Waals surface area contributed by atoms with E-state index < -0.39 is 11.5 Å². The van der Waals surface area contributed by atoms with Gasteiger partial charge in [0.1, 0.15) is 5.54 Å². The van der Waals surface area contributed by atoms with Crippen molar-refractivity contribution in [2.75, 3.05) is 6.61 Å². The maximum Gasteiger partial charge on any atom is 0.331 e. The topological polar surface area (TPSA) is 52.3 Å². The molecule has 0 bridgehead atoms. The minimum absolute atomic E-state index is 0.0928. The highest BCUT2D eigenvalue weighted by Crippen LogP contribution is 2.47. The van der Waals surface area contributed by atoms with Crippen LogP contribution in [0.3, 0.4) is 0 Å². The van der Waals surface area contributed by atoms with Gasteiger partial charge in [0, 0.05) is 15.6 Å². The van der Waals surface area contributed by atoms with Gasteiger partial charge in [0.15, 0.2) is 0 Å². The summed E-state index contributed by atoms with van der Waals surface area (Å²) in [5, 5.41) is 0.927. The fourth-order valence-electron chi connectivity index (χ4n) is 2.11. The molecular formula is C13H15Cl2NO2. The molecule has 18 heavy (non-hydrogen) atoms. The summed E-state index contributed by atoms with van der Waals surface area (Å²) < 4.78 is 5.09. The first kappa shape index (κ1) is 13.7. The first-order valence-corrected chi connectivity index (χ1v) is 6.67. The number of carbonyl (C=O) groups excluding carboxylic acids is 1. The molecule has 98 valence electrons. The molecule has 0 aliphatic heterocycles.